The van der Waals surface area contributed by atoms with Crippen LogP contribution in [-0.4, -0.2) is 31.8 Å². The molecule has 0 aliphatic heterocycles. The van der Waals surface area contributed by atoms with Gasteiger partial charge in [0.25, 0.3) is 5.69 Å². The maximum Gasteiger partial charge on any atom is 0.315 e. The van der Waals surface area contributed by atoms with Crippen molar-refractivity contribution in [1.82, 2.24) is 25.4 Å². The highest BCUT2D eigenvalue weighted by Crippen LogP contribution is 2.30. The van der Waals surface area contributed by atoms with E-state index in [2.05, 4.69) is 20.8 Å². The van der Waals surface area contributed by atoms with Crippen molar-refractivity contribution in [2.24, 2.45) is 0 Å². The Labute approximate surface area is 241 Å². The highest BCUT2D eigenvalue weighted by molar-refractivity contribution is 7.98. The minimum Gasteiger partial charge on any atom is -0.335 e. The molecule has 0 bridgehead atoms. The molecule has 2 N–H and O–H groups in total. The predicted molar refractivity (Wildman–Crippen MR) is 155 cm³/mol. The third-order valence-corrected chi connectivity index (χ3v) is 8.10. The molecule has 0 saturated heterocycles. The molecule has 2 amide bonds. The lowest BCUT2D eigenvalue weighted by Crippen LogP contribution is -2.45. The van der Waals surface area contributed by atoms with Crippen LogP contribution in [0.1, 0.15) is 55.1 Å². The minimum atomic E-state index is -0.538. The van der Waals surface area contributed by atoms with E-state index in [1.54, 1.807) is 24.3 Å². The van der Waals surface area contributed by atoms with Crippen molar-refractivity contribution in [1.29, 1.82) is 0 Å². The van der Waals surface area contributed by atoms with Crippen LogP contribution in [0.5, 0.6) is 0 Å². The number of nitro benzene ring substituents is 1. The van der Waals surface area contributed by atoms with Crippen LogP contribution in [0.3, 0.4) is 0 Å². The Morgan fingerprint density at radius 1 is 0.976 bits per heavy atom. The van der Waals surface area contributed by atoms with E-state index in [-0.39, 0.29) is 23.6 Å². The molecule has 1 heterocycles. The topological polar surface area (TPSA) is 115 Å². The average molecular weight is 575 g/mol. The van der Waals surface area contributed by atoms with Crippen molar-refractivity contribution >= 4 is 23.5 Å². The largest absolute Gasteiger partial charge is 0.335 e. The van der Waals surface area contributed by atoms with Crippen LogP contribution in [0.15, 0.2) is 84.0 Å². The quantitative estimate of drug-likeness (QED) is 0.127. The normalized spacial score (nSPS) is 14.4. The first-order valence-corrected chi connectivity index (χ1v) is 14.6. The van der Waals surface area contributed by atoms with Crippen LogP contribution in [0.25, 0.3) is 5.69 Å². The number of amides is 2. The standard InChI is InChI=1S/C30H31FN6O3S/c31-23-13-11-22(12-14-23)20-41-30-35-34-28(36(30)25-15-17-26(18-16-25)37(39)40)27(19-21-7-3-1-4-8-21)33-29(38)32-24-9-5-2-6-10-24/h1,3-4,7-8,11-18,24,27H,2,5-6,9-10,19-20H2,(H2,32,33,38). The SMILES string of the molecule is O=C(NC1CCCCC1)NC(Cc1ccccc1)c1nnc(SCc2ccc(F)cc2)n1-c1ccc([N+](=O)[O-])cc1. The Balaban J connectivity index is 1.48. The molecular formula is C30H31FN6O3S. The van der Waals surface area contributed by atoms with E-state index < -0.39 is 11.0 Å². The van der Waals surface area contributed by atoms with Gasteiger partial charge in [0.2, 0.25) is 0 Å². The van der Waals surface area contributed by atoms with Gasteiger partial charge in [0.05, 0.1) is 11.0 Å². The van der Waals surface area contributed by atoms with Crippen molar-refractivity contribution in [3.05, 3.63) is 112 Å². The number of halogens is 1. The zero-order valence-electron chi connectivity index (χ0n) is 22.4. The van der Waals surface area contributed by atoms with Gasteiger partial charge in [-0.15, -0.1) is 10.2 Å². The van der Waals surface area contributed by atoms with Gasteiger partial charge in [-0.25, -0.2) is 9.18 Å². The van der Waals surface area contributed by atoms with Crippen molar-refractivity contribution < 1.29 is 14.1 Å². The number of nitrogens with zero attached hydrogens (tertiary/aromatic N) is 4. The summed E-state index contributed by atoms with van der Waals surface area (Å²) in [6, 6.07) is 21.5. The second-order valence-corrected chi connectivity index (χ2v) is 11.0. The number of carbonyl (C=O) groups excluding carboxylic acids is 1. The van der Waals surface area contributed by atoms with Gasteiger partial charge >= 0.3 is 6.03 Å². The minimum absolute atomic E-state index is 0.0327. The molecule has 1 aliphatic carbocycles. The molecule has 3 aromatic carbocycles. The van der Waals surface area contributed by atoms with Crippen molar-refractivity contribution in [2.75, 3.05) is 0 Å². The first-order chi connectivity index (χ1) is 20.0. The first-order valence-electron chi connectivity index (χ1n) is 13.6. The monoisotopic (exact) mass is 574 g/mol. The number of hydrogen-bond donors (Lipinski definition) is 2. The van der Waals surface area contributed by atoms with E-state index in [4.69, 9.17) is 0 Å². The van der Waals surface area contributed by atoms with Crippen LogP contribution in [-0.2, 0) is 12.2 Å². The Morgan fingerprint density at radius 3 is 2.37 bits per heavy atom. The molecule has 4 aromatic rings. The molecule has 9 nitrogen and oxygen atoms in total. The zero-order chi connectivity index (χ0) is 28.6. The average Bonchev–Trinajstić information content (AvgIpc) is 3.41. The summed E-state index contributed by atoms with van der Waals surface area (Å²) >= 11 is 1.41. The Bertz CT molecular complexity index is 1460. The maximum absolute atomic E-state index is 13.4. The Kier molecular flexibility index (Phi) is 9.25. The van der Waals surface area contributed by atoms with Gasteiger partial charge < -0.3 is 10.6 Å². The lowest BCUT2D eigenvalue weighted by atomic mass is 9.96. The lowest BCUT2D eigenvalue weighted by Gasteiger charge is -2.25. The number of non-ortho nitro benzene ring substituents is 1. The summed E-state index contributed by atoms with van der Waals surface area (Å²) in [4.78, 5) is 24.1. The maximum atomic E-state index is 13.4. The summed E-state index contributed by atoms with van der Waals surface area (Å²) < 4.78 is 15.3. The molecule has 1 aromatic heterocycles. The molecular weight excluding hydrogens is 543 g/mol. The summed E-state index contributed by atoms with van der Waals surface area (Å²) in [7, 11) is 0. The van der Waals surface area contributed by atoms with Crippen LogP contribution in [0.4, 0.5) is 14.9 Å². The number of carbonyl (C=O) groups is 1. The Hall–Kier alpha value is -4.25. The van der Waals surface area contributed by atoms with Crippen LogP contribution in [0, 0.1) is 15.9 Å². The van der Waals surface area contributed by atoms with E-state index >= 15 is 0 Å². The molecule has 1 saturated carbocycles. The van der Waals surface area contributed by atoms with E-state index in [0.29, 0.717) is 28.8 Å². The van der Waals surface area contributed by atoms with Gasteiger partial charge in [0.1, 0.15) is 5.82 Å². The molecule has 0 radical (unpaired) electrons. The first kappa shape index (κ1) is 28.3. The molecule has 41 heavy (non-hydrogen) atoms. The summed E-state index contributed by atoms with van der Waals surface area (Å²) in [5.41, 5.74) is 2.51. The van der Waals surface area contributed by atoms with Crippen molar-refractivity contribution in [3.63, 3.8) is 0 Å². The summed E-state index contributed by atoms with van der Waals surface area (Å²) in [5.74, 6) is 0.698. The highest BCUT2D eigenvalue weighted by Gasteiger charge is 2.26. The predicted octanol–water partition coefficient (Wildman–Crippen LogP) is 6.52. The lowest BCUT2D eigenvalue weighted by molar-refractivity contribution is -0.384. The van der Waals surface area contributed by atoms with Crippen molar-refractivity contribution in [2.45, 2.75) is 61.5 Å². The van der Waals surface area contributed by atoms with E-state index in [1.807, 2.05) is 34.9 Å². The fraction of sp³-hybridized carbons (Fsp3) is 0.300. The number of benzene rings is 3. The van der Waals surface area contributed by atoms with Gasteiger partial charge in [-0.05, 0) is 48.2 Å². The molecule has 1 atom stereocenters. The van der Waals surface area contributed by atoms with Gasteiger partial charge in [0.15, 0.2) is 11.0 Å². The number of rotatable bonds is 10. The number of nitro groups is 1. The molecule has 1 unspecified atom stereocenters. The molecule has 5 rings (SSSR count). The fourth-order valence-corrected chi connectivity index (χ4v) is 5.90. The summed E-state index contributed by atoms with van der Waals surface area (Å²) in [6.07, 6.45) is 5.77. The van der Waals surface area contributed by atoms with E-state index in [0.717, 1.165) is 36.8 Å². The van der Waals surface area contributed by atoms with Gasteiger partial charge in [-0.3, -0.25) is 14.7 Å². The third-order valence-electron chi connectivity index (χ3n) is 7.10. The molecule has 212 valence electrons. The van der Waals surface area contributed by atoms with Gasteiger partial charge in [0, 0.05) is 36.0 Å². The molecule has 0 spiro atoms. The smallest absolute Gasteiger partial charge is 0.315 e. The van der Waals surface area contributed by atoms with E-state index in [9.17, 15) is 19.3 Å². The second-order valence-electron chi connectivity index (χ2n) is 10.1. The third kappa shape index (κ3) is 7.49. The van der Waals surface area contributed by atoms with Crippen LogP contribution < -0.4 is 10.6 Å². The Morgan fingerprint density at radius 2 is 1.68 bits per heavy atom. The van der Waals surface area contributed by atoms with Gasteiger partial charge in [-0.1, -0.05) is 73.5 Å². The molecule has 1 fully saturated rings. The molecule has 11 heteroatoms. The summed E-state index contributed by atoms with van der Waals surface area (Å²) in [6.45, 7) is 0. The number of urea groups is 1. The second kappa shape index (κ2) is 13.4. The van der Waals surface area contributed by atoms with Gasteiger partial charge in [-0.2, -0.15) is 0 Å². The number of hydrogen-bond acceptors (Lipinski definition) is 6. The number of nitrogens with one attached hydrogen (secondary N) is 2. The molecule has 1 aliphatic rings. The van der Waals surface area contributed by atoms with Crippen molar-refractivity contribution in [3.8, 4) is 5.69 Å². The van der Waals surface area contributed by atoms with Crippen LogP contribution in [0.2, 0.25) is 0 Å². The van der Waals surface area contributed by atoms with E-state index in [1.165, 1.54) is 42.4 Å². The number of thioether (sulfide) groups is 1. The highest BCUT2D eigenvalue weighted by atomic mass is 32.2. The summed E-state index contributed by atoms with van der Waals surface area (Å²) in [5, 5.41) is 27.1. The number of aromatic nitrogens is 3. The van der Waals surface area contributed by atoms with Crippen LogP contribution >= 0.6 is 11.8 Å². The zero-order valence-corrected chi connectivity index (χ0v) is 23.2. The fourth-order valence-electron chi connectivity index (χ4n) is 4.98.